The summed E-state index contributed by atoms with van der Waals surface area (Å²) in [5.74, 6) is -0.279. The van der Waals surface area contributed by atoms with Crippen LogP contribution in [0.1, 0.15) is 27.9 Å². The quantitative estimate of drug-likeness (QED) is 0.729. The Bertz CT molecular complexity index is 398. The normalized spacial score (nSPS) is 10.1. The fraction of sp³-hybridized carbons (Fsp3) is 0.444. The second kappa shape index (κ2) is 4.44. The first-order valence-electron chi connectivity index (χ1n) is 4.45. The summed E-state index contributed by atoms with van der Waals surface area (Å²) in [6.45, 7) is 2.32. The van der Waals surface area contributed by atoms with Crippen molar-refractivity contribution in [2.24, 2.45) is 0 Å². The number of nitrogens with zero attached hydrogens (tertiary/aromatic N) is 3. The lowest BCUT2D eigenvalue weighted by molar-refractivity contribution is 0.0813. The highest BCUT2D eigenvalue weighted by Gasteiger charge is 2.22. The maximum atomic E-state index is 11.8. The number of aromatic nitrogens is 2. The topological polar surface area (TPSA) is 55.2 Å². The number of carbonyl (C=O) groups excluding carboxylic acids is 2. The van der Waals surface area contributed by atoms with E-state index in [1.165, 1.54) is 9.47 Å². The third kappa shape index (κ3) is 2.02. The lowest BCUT2D eigenvalue weighted by Gasteiger charge is -2.12. The van der Waals surface area contributed by atoms with Crippen LogP contribution in [-0.4, -0.2) is 40.7 Å². The zero-order valence-electron chi connectivity index (χ0n) is 8.82. The van der Waals surface area contributed by atoms with E-state index in [0.717, 1.165) is 0 Å². The van der Waals surface area contributed by atoms with Gasteiger partial charge >= 0.3 is 0 Å². The van der Waals surface area contributed by atoms with Crippen molar-refractivity contribution >= 4 is 23.8 Å². The third-order valence-corrected chi connectivity index (χ3v) is 2.27. The van der Waals surface area contributed by atoms with E-state index in [-0.39, 0.29) is 22.6 Å². The average Bonchev–Trinajstić information content (AvgIpc) is 2.52. The van der Waals surface area contributed by atoms with Crippen LogP contribution >= 0.6 is 11.6 Å². The minimum Gasteiger partial charge on any atom is -0.343 e. The van der Waals surface area contributed by atoms with Crippen LogP contribution in [0.5, 0.6) is 0 Å². The number of aldehydes is 1. The number of carbonyl (C=O) groups is 2. The van der Waals surface area contributed by atoms with E-state index in [2.05, 4.69) is 4.98 Å². The molecule has 0 saturated carbocycles. The monoisotopic (exact) mass is 229 g/mol. The number of rotatable bonds is 3. The molecule has 0 radical (unpaired) electrons. The highest BCUT2D eigenvalue weighted by atomic mass is 35.5. The summed E-state index contributed by atoms with van der Waals surface area (Å²) in [6, 6.07) is 0. The molecule has 1 aromatic heterocycles. The van der Waals surface area contributed by atoms with Gasteiger partial charge in [0.05, 0.1) is 0 Å². The molecule has 6 heteroatoms. The molecule has 0 aliphatic heterocycles. The highest BCUT2D eigenvalue weighted by Crippen LogP contribution is 2.16. The van der Waals surface area contributed by atoms with Crippen LogP contribution in [-0.2, 0) is 6.54 Å². The molecule has 0 aliphatic rings. The van der Waals surface area contributed by atoms with Crippen LogP contribution in [0.2, 0.25) is 5.28 Å². The molecule has 0 unspecified atom stereocenters. The molecule has 0 bridgehead atoms. The SMILES string of the molecule is CCn1c(Cl)nc(C=O)c1C(=O)N(C)C. The zero-order valence-corrected chi connectivity index (χ0v) is 9.58. The van der Waals surface area contributed by atoms with Gasteiger partial charge in [-0.2, -0.15) is 0 Å². The van der Waals surface area contributed by atoms with Crippen LogP contribution in [0.25, 0.3) is 0 Å². The van der Waals surface area contributed by atoms with Crippen molar-refractivity contribution in [3.63, 3.8) is 0 Å². The predicted molar refractivity (Wildman–Crippen MR) is 56.3 cm³/mol. The Labute approximate surface area is 92.6 Å². The third-order valence-electron chi connectivity index (χ3n) is 1.98. The summed E-state index contributed by atoms with van der Waals surface area (Å²) < 4.78 is 1.51. The zero-order chi connectivity index (χ0) is 11.6. The molecule has 0 aliphatic carbocycles. The van der Waals surface area contributed by atoms with Crippen molar-refractivity contribution in [2.75, 3.05) is 14.1 Å². The summed E-state index contributed by atoms with van der Waals surface area (Å²) in [7, 11) is 3.22. The molecular formula is C9H12ClN3O2. The van der Waals surface area contributed by atoms with Gasteiger partial charge in [0.25, 0.3) is 5.91 Å². The van der Waals surface area contributed by atoms with Gasteiger partial charge < -0.3 is 9.47 Å². The molecule has 1 heterocycles. The Morgan fingerprint density at radius 3 is 2.60 bits per heavy atom. The second-order valence-corrected chi connectivity index (χ2v) is 3.51. The lowest BCUT2D eigenvalue weighted by Crippen LogP contribution is -2.25. The molecular weight excluding hydrogens is 218 g/mol. The van der Waals surface area contributed by atoms with E-state index in [1.54, 1.807) is 14.1 Å². The van der Waals surface area contributed by atoms with Gasteiger partial charge in [-0.3, -0.25) is 9.59 Å². The summed E-state index contributed by atoms with van der Waals surface area (Å²) in [4.78, 5) is 27.7. The second-order valence-electron chi connectivity index (χ2n) is 3.18. The van der Waals surface area contributed by atoms with Gasteiger partial charge in [-0.15, -0.1) is 0 Å². The van der Waals surface area contributed by atoms with E-state index < -0.39 is 0 Å². The van der Waals surface area contributed by atoms with E-state index in [1.807, 2.05) is 6.92 Å². The molecule has 0 N–H and O–H groups in total. The van der Waals surface area contributed by atoms with Gasteiger partial charge in [0.15, 0.2) is 6.29 Å². The minimum absolute atomic E-state index is 0.0838. The number of imidazole rings is 1. The first kappa shape index (κ1) is 11.7. The molecule has 0 aromatic carbocycles. The van der Waals surface area contributed by atoms with Gasteiger partial charge in [-0.1, -0.05) is 0 Å². The molecule has 1 aromatic rings. The summed E-state index contributed by atoms with van der Waals surface area (Å²) in [5.41, 5.74) is 0.322. The van der Waals surface area contributed by atoms with Gasteiger partial charge in [-0.25, -0.2) is 4.98 Å². The van der Waals surface area contributed by atoms with Crippen LogP contribution in [0.3, 0.4) is 0 Å². The van der Waals surface area contributed by atoms with Gasteiger partial charge in [-0.05, 0) is 18.5 Å². The molecule has 5 nitrogen and oxygen atoms in total. The highest BCUT2D eigenvalue weighted by molar-refractivity contribution is 6.29. The summed E-state index contributed by atoms with van der Waals surface area (Å²) in [6.07, 6.45) is 0.536. The summed E-state index contributed by atoms with van der Waals surface area (Å²) in [5, 5.41) is 0.157. The van der Waals surface area contributed by atoms with Crippen LogP contribution in [0.15, 0.2) is 0 Å². The molecule has 0 fully saturated rings. The van der Waals surface area contributed by atoms with Crippen LogP contribution < -0.4 is 0 Å². The van der Waals surface area contributed by atoms with E-state index in [4.69, 9.17) is 11.6 Å². The average molecular weight is 230 g/mol. The molecule has 1 rings (SSSR count). The molecule has 82 valence electrons. The van der Waals surface area contributed by atoms with Crippen molar-refractivity contribution in [1.82, 2.24) is 14.5 Å². The van der Waals surface area contributed by atoms with Crippen molar-refractivity contribution in [3.8, 4) is 0 Å². The lowest BCUT2D eigenvalue weighted by atomic mass is 10.3. The van der Waals surface area contributed by atoms with E-state index >= 15 is 0 Å². The van der Waals surface area contributed by atoms with Gasteiger partial charge in [0.2, 0.25) is 5.28 Å². The van der Waals surface area contributed by atoms with Gasteiger partial charge in [0, 0.05) is 20.6 Å². The van der Waals surface area contributed by atoms with Crippen LogP contribution in [0.4, 0.5) is 0 Å². The maximum absolute atomic E-state index is 11.8. The first-order valence-corrected chi connectivity index (χ1v) is 4.83. The van der Waals surface area contributed by atoms with Crippen LogP contribution in [0, 0.1) is 0 Å². The molecule has 0 saturated heterocycles. The van der Waals surface area contributed by atoms with Crippen molar-refractivity contribution < 1.29 is 9.59 Å². The van der Waals surface area contributed by atoms with Crippen molar-refractivity contribution in [2.45, 2.75) is 13.5 Å². The Morgan fingerprint density at radius 1 is 1.60 bits per heavy atom. The van der Waals surface area contributed by atoms with E-state index in [9.17, 15) is 9.59 Å². The largest absolute Gasteiger partial charge is 0.343 e. The smallest absolute Gasteiger partial charge is 0.272 e. The number of hydrogen-bond donors (Lipinski definition) is 0. The molecule has 1 amide bonds. The molecule has 0 atom stereocenters. The van der Waals surface area contributed by atoms with Crippen molar-refractivity contribution in [3.05, 3.63) is 16.7 Å². The maximum Gasteiger partial charge on any atom is 0.272 e. The Morgan fingerprint density at radius 2 is 2.20 bits per heavy atom. The van der Waals surface area contributed by atoms with Crippen molar-refractivity contribution in [1.29, 1.82) is 0 Å². The first-order chi connectivity index (χ1) is 7.02. The number of hydrogen-bond acceptors (Lipinski definition) is 3. The fourth-order valence-electron chi connectivity index (χ4n) is 1.25. The fourth-order valence-corrected chi connectivity index (χ4v) is 1.55. The number of halogens is 1. The van der Waals surface area contributed by atoms with Gasteiger partial charge in [0.1, 0.15) is 11.4 Å². The number of amides is 1. The minimum atomic E-state index is -0.279. The standard InChI is InChI=1S/C9H12ClN3O2/c1-4-13-7(8(15)12(2)3)6(5-14)11-9(13)10/h5H,4H2,1-3H3. The molecule has 15 heavy (non-hydrogen) atoms. The predicted octanol–water partition coefficient (Wildman–Crippen LogP) is 1.07. The Balaban J connectivity index is 3.35. The van der Waals surface area contributed by atoms with E-state index in [0.29, 0.717) is 12.8 Å². The molecule has 0 spiro atoms. The Kier molecular flexibility index (Phi) is 3.47. The Hall–Kier alpha value is -1.36. The summed E-state index contributed by atoms with van der Waals surface area (Å²) >= 11 is 5.80.